The largest absolute Gasteiger partial charge is 0.480 e. The molecular weight excluding hydrogens is 378 g/mol. The molecule has 28 heavy (non-hydrogen) atoms. The van der Waals surface area contributed by atoms with Crippen molar-refractivity contribution in [2.24, 2.45) is 0 Å². The van der Waals surface area contributed by atoms with E-state index in [9.17, 15) is 14.4 Å². The number of thioether (sulfide) groups is 1. The van der Waals surface area contributed by atoms with E-state index in [2.05, 4.69) is 10.3 Å². The number of nitrogens with one attached hydrogen (secondary N) is 1. The second kappa shape index (κ2) is 8.71. The van der Waals surface area contributed by atoms with Gasteiger partial charge in [-0.3, -0.25) is 19.3 Å². The minimum absolute atomic E-state index is 0.0875. The zero-order valence-corrected chi connectivity index (χ0v) is 16.3. The van der Waals surface area contributed by atoms with Crippen LogP contribution in [0.2, 0.25) is 0 Å². The average molecular weight is 397 g/mol. The molecule has 1 N–H and O–H groups in total. The molecule has 0 unspecified atom stereocenters. The lowest BCUT2D eigenvalue weighted by Gasteiger charge is -2.13. The van der Waals surface area contributed by atoms with Gasteiger partial charge in [0.25, 0.3) is 17.1 Å². The molecule has 0 bridgehead atoms. The first kappa shape index (κ1) is 19.6. The highest BCUT2D eigenvalue weighted by molar-refractivity contribution is 8.18. The van der Waals surface area contributed by atoms with Crippen molar-refractivity contribution in [2.45, 2.75) is 6.92 Å². The van der Waals surface area contributed by atoms with Gasteiger partial charge in [-0.25, -0.2) is 4.98 Å². The molecule has 1 aromatic carbocycles. The van der Waals surface area contributed by atoms with Crippen molar-refractivity contribution >= 4 is 34.9 Å². The smallest absolute Gasteiger partial charge is 0.293 e. The van der Waals surface area contributed by atoms with Crippen LogP contribution in [0.5, 0.6) is 5.88 Å². The molecule has 144 valence electrons. The number of carbonyl (C=O) groups excluding carboxylic acids is 3. The summed E-state index contributed by atoms with van der Waals surface area (Å²) in [5.74, 6) is -0.525. The second-order valence-electron chi connectivity index (χ2n) is 6.06. The van der Waals surface area contributed by atoms with E-state index in [-0.39, 0.29) is 36.0 Å². The molecule has 7 nitrogen and oxygen atoms in total. The number of carbonyl (C=O) groups is 3. The van der Waals surface area contributed by atoms with Crippen LogP contribution in [0.15, 0.2) is 47.5 Å². The second-order valence-corrected chi connectivity index (χ2v) is 7.05. The minimum Gasteiger partial charge on any atom is -0.480 e. The van der Waals surface area contributed by atoms with Crippen molar-refractivity contribution in [3.8, 4) is 5.88 Å². The normalized spacial score (nSPS) is 15.2. The molecule has 3 amide bonds. The molecule has 0 spiro atoms. The minimum atomic E-state index is -0.382. The number of pyridine rings is 1. The highest BCUT2D eigenvalue weighted by atomic mass is 32.2. The maximum atomic E-state index is 12.5. The van der Waals surface area contributed by atoms with Gasteiger partial charge in [0.05, 0.1) is 12.0 Å². The average Bonchev–Trinajstić information content (AvgIpc) is 2.96. The first-order valence-electron chi connectivity index (χ1n) is 8.59. The first-order chi connectivity index (χ1) is 13.5. The van der Waals surface area contributed by atoms with E-state index in [1.165, 1.54) is 13.3 Å². The van der Waals surface area contributed by atoms with Gasteiger partial charge in [0.2, 0.25) is 5.88 Å². The number of imide groups is 1. The molecule has 0 aliphatic carbocycles. The highest BCUT2D eigenvalue weighted by Gasteiger charge is 2.34. The summed E-state index contributed by atoms with van der Waals surface area (Å²) in [5.41, 5.74) is 2.26. The lowest BCUT2D eigenvalue weighted by atomic mass is 10.1. The molecule has 1 saturated heterocycles. The van der Waals surface area contributed by atoms with Gasteiger partial charge in [-0.1, -0.05) is 29.8 Å². The maximum Gasteiger partial charge on any atom is 0.293 e. The van der Waals surface area contributed by atoms with Crippen LogP contribution in [0.3, 0.4) is 0 Å². The molecule has 1 aliphatic rings. The molecule has 1 aromatic heterocycles. The van der Waals surface area contributed by atoms with Crippen molar-refractivity contribution in [1.29, 1.82) is 0 Å². The molecule has 1 fully saturated rings. The summed E-state index contributed by atoms with van der Waals surface area (Å²) in [4.78, 5) is 42.4. The summed E-state index contributed by atoms with van der Waals surface area (Å²) < 4.78 is 5.06. The number of rotatable bonds is 6. The van der Waals surface area contributed by atoms with Crippen LogP contribution >= 0.6 is 11.8 Å². The van der Waals surface area contributed by atoms with Crippen LogP contribution < -0.4 is 10.1 Å². The Labute approximate surface area is 166 Å². The lowest BCUT2D eigenvalue weighted by Crippen LogP contribution is -2.37. The van der Waals surface area contributed by atoms with Crippen LogP contribution in [0.1, 0.15) is 21.5 Å². The standard InChI is InChI=1S/C20H19N3O4S/c1-13-5-7-14(8-6-13)12-16-19(25)23(20(26)28-16)11-10-21-17(24)15-4-3-9-22-18(15)27-2/h3-9,12H,10-11H2,1-2H3,(H,21,24). The molecule has 1 aliphatic heterocycles. The molecule has 3 rings (SSSR count). The predicted octanol–water partition coefficient (Wildman–Crippen LogP) is 2.86. The number of amides is 3. The quantitative estimate of drug-likeness (QED) is 0.754. The molecule has 2 aromatic rings. The molecular formula is C20H19N3O4S. The van der Waals surface area contributed by atoms with E-state index in [0.29, 0.717) is 10.5 Å². The van der Waals surface area contributed by atoms with Crippen LogP contribution in [0.4, 0.5) is 4.79 Å². The van der Waals surface area contributed by atoms with Gasteiger partial charge in [0, 0.05) is 19.3 Å². The van der Waals surface area contributed by atoms with Gasteiger partial charge in [-0.15, -0.1) is 0 Å². The van der Waals surface area contributed by atoms with Gasteiger partial charge < -0.3 is 10.1 Å². The number of hydrogen-bond donors (Lipinski definition) is 1. The Bertz CT molecular complexity index is 941. The lowest BCUT2D eigenvalue weighted by molar-refractivity contribution is -0.122. The SMILES string of the molecule is COc1ncccc1C(=O)NCCN1C(=O)SC(=Cc2ccc(C)cc2)C1=O. The summed E-state index contributed by atoms with van der Waals surface area (Å²) in [5, 5.41) is 2.33. The van der Waals surface area contributed by atoms with Crippen LogP contribution in [0.25, 0.3) is 6.08 Å². The Kier molecular flexibility index (Phi) is 6.10. The fourth-order valence-electron chi connectivity index (χ4n) is 2.61. The van der Waals surface area contributed by atoms with Crippen molar-refractivity contribution in [1.82, 2.24) is 15.2 Å². The van der Waals surface area contributed by atoms with E-state index in [1.54, 1.807) is 18.2 Å². The molecule has 0 radical (unpaired) electrons. The summed E-state index contributed by atoms with van der Waals surface area (Å²) in [6, 6.07) is 10.9. The number of aromatic nitrogens is 1. The predicted molar refractivity (Wildman–Crippen MR) is 107 cm³/mol. The third-order valence-electron chi connectivity index (χ3n) is 4.08. The zero-order valence-electron chi connectivity index (χ0n) is 15.5. The van der Waals surface area contributed by atoms with Crippen molar-refractivity contribution in [2.75, 3.05) is 20.2 Å². The van der Waals surface area contributed by atoms with E-state index in [0.717, 1.165) is 27.8 Å². The highest BCUT2D eigenvalue weighted by Crippen LogP contribution is 2.31. The zero-order chi connectivity index (χ0) is 20.1. The van der Waals surface area contributed by atoms with E-state index >= 15 is 0 Å². The Morgan fingerprint density at radius 2 is 2.00 bits per heavy atom. The van der Waals surface area contributed by atoms with Gasteiger partial charge in [0.1, 0.15) is 5.56 Å². The third-order valence-corrected chi connectivity index (χ3v) is 4.99. The number of nitrogens with zero attached hydrogens (tertiary/aromatic N) is 2. The summed E-state index contributed by atoms with van der Waals surface area (Å²) in [7, 11) is 1.43. The summed E-state index contributed by atoms with van der Waals surface area (Å²) >= 11 is 0.898. The molecule has 0 saturated carbocycles. The monoisotopic (exact) mass is 397 g/mol. The molecule has 0 atom stereocenters. The number of hydrogen-bond acceptors (Lipinski definition) is 6. The van der Waals surface area contributed by atoms with Crippen molar-refractivity contribution < 1.29 is 19.1 Å². The summed E-state index contributed by atoms with van der Waals surface area (Å²) in [6.07, 6.45) is 3.22. The van der Waals surface area contributed by atoms with Gasteiger partial charge in [0.15, 0.2) is 0 Å². The van der Waals surface area contributed by atoms with E-state index in [1.807, 2.05) is 31.2 Å². The van der Waals surface area contributed by atoms with Gasteiger partial charge >= 0.3 is 0 Å². The van der Waals surface area contributed by atoms with Crippen molar-refractivity contribution in [3.05, 3.63) is 64.2 Å². The van der Waals surface area contributed by atoms with E-state index < -0.39 is 0 Å². The number of methoxy groups -OCH3 is 1. The fraction of sp³-hybridized carbons (Fsp3) is 0.200. The number of ether oxygens (including phenoxy) is 1. The Balaban J connectivity index is 1.60. The Hall–Kier alpha value is -3.13. The first-order valence-corrected chi connectivity index (χ1v) is 9.40. The van der Waals surface area contributed by atoms with Crippen molar-refractivity contribution in [3.63, 3.8) is 0 Å². The van der Waals surface area contributed by atoms with Gasteiger partial charge in [-0.05, 0) is 42.5 Å². The van der Waals surface area contributed by atoms with Crippen LogP contribution in [-0.2, 0) is 4.79 Å². The Morgan fingerprint density at radius 3 is 2.71 bits per heavy atom. The maximum absolute atomic E-state index is 12.5. The topological polar surface area (TPSA) is 88.6 Å². The number of aryl methyl sites for hydroxylation is 1. The fourth-order valence-corrected chi connectivity index (χ4v) is 3.47. The van der Waals surface area contributed by atoms with E-state index in [4.69, 9.17) is 4.74 Å². The van der Waals surface area contributed by atoms with Gasteiger partial charge in [-0.2, -0.15) is 0 Å². The number of benzene rings is 1. The molecule has 2 heterocycles. The Morgan fingerprint density at radius 1 is 1.25 bits per heavy atom. The molecule has 8 heteroatoms. The summed E-state index contributed by atoms with van der Waals surface area (Å²) in [6.45, 7) is 2.20. The van der Waals surface area contributed by atoms with Crippen LogP contribution in [-0.4, -0.2) is 47.1 Å². The third kappa shape index (κ3) is 4.40. The van der Waals surface area contributed by atoms with Crippen LogP contribution in [0, 0.1) is 6.92 Å².